The third-order valence-corrected chi connectivity index (χ3v) is 3.50. The molecule has 1 aliphatic heterocycles. The molecule has 0 spiro atoms. The first kappa shape index (κ1) is 10.3. The van der Waals surface area contributed by atoms with Crippen LogP contribution in [-0.2, 0) is 0 Å². The zero-order valence-corrected chi connectivity index (χ0v) is 10.8. The van der Waals surface area contributed by atoms with Crippen LogP contribution in [0.25, 0.3) is 11.0 Å². The molecule has 1 saturated heterocycles. The fraction of sp³-hybridized carbons (Fsp3) is 0.364. The zero-order valence-electron chi connectivity index (χ0n) is 8.63. The summed E-state index contributed by atoms with van der Waals surface area (Å²) in [6.07, 6.45) is 2.30. The number of hydrogen-bond donors (Lipinski definition) is 1. The van der Waals surface area contributed by atoms with Crippen molar-refractivity contribution in [2.45, 2.75) is 12.8 Å². The summed E-state index contributed by atoms with van der Waals surface area (Å²) in [7, 11) is 0. The van der Waals surface area contributed by atoms with Gasteiger partial charge in [0.2, 0.25) is 0 Å². The monoisotopic (exact) mass is 331 g/mol. The Morgan fingerprint density at radius 1 is 1.31 bits per heavy atom. The van der Waals surface area contributed by atoms with Gasteiger partial charge in [-0.2, -0.15) is 0 Å². The van der Waals surface area contributed by atoms with Crippen molar-refractivity contribution in [2.24, 2.45) is 0 Å². The molecule has 0 atom stereocenters. The number of hydrogen-bond acceptors (Lipinski definition) is 2. The highest BCUT2D eigenvalue weighted by Gasteiger charge is 2.19. The molecule has 84 valence electrons. The minimum Gasteiger partial charge on any atom is -0.369 e. The lowest BCUT2D eigenvalue weighted by atomic mass is 10.2. The fourth-order valence-corrected chi connectivity index (χ4v) is 2.74. The van der Waals surface area contributed by atoms with Crippen molar-refractivity contribution < 1.29 is 4.39 Å². The maximum absolute atomic E-state index is 14.2. The van der Waals surface area contributed by atoms with E-state index in [0.29, 0.717) is 11.2 Å². The number of halogens is 2. The summed E-state index contributed by atoms with van der Waals surface area (Å²) in [5.41, 5.74) is 1.91. The summed E-state index contributed by atoms with van der Waals surface area (Å²) >= 11 is 2.06. The molecule has 0 aliphatic carbocycles. The molecular formula is C11H11FIN3. The number of nitrogens with one attached hydrogen (secondary N) is 1. The summed E-state index contributed by atoms with van der Waals surface area (Å²) in [4.78, 5) is 9.30. The van der Waals surface area contributed by atoms with Crippen molar-refractivity contribution in [3.8, 4) is 0 Å². The molecule has 2 heterocycles. The Kier molecular flexibility index (Phi) is 2.49. The highest BCUT2D eigenvalue weighted by molar-refractivity contribution is 14.1. The van der Waals surface area contributed by atoms with Gasteiger partial charge >= 0.3 is 0 Å². The average molecular weight is 331 g/mol. The van der Waals surface area contributed by atoms with Gasteiger partial charge in [0, 0.05) is 13.1 Å². The first-order valence-electron chi connectivity index (χ1n) is 5.34. The maximum Gasteiger partial charge on any atom is 0.174 e. The third kappa shape index (κ3) is 1.57. The third-order valence-electron chi connectivity index (χ3n) is 2.99. The van der Waals surface area contributed by atoms with E-state index in [9.17, 15) is 4.39 Å². The predicted molar refractivity (Wildman–Crippen MR) is 70.2 cm³/mol. The van der Waals surface area contributed by atoms with E-state index >= 15 is 0 Å². The number of aromatic amines is 1. The Hall–Kier alpha value is -0.850. The van der Waals surface area contributed by atoms with E-state index in [4.69, 9.17) is 0 Å². The standard InChI is InChI=1S/C11H11FIN3/c12-9-8(16-5-1-2-6-16)4-3-7-10(9)15-11(13)14-7/h3-4H,1-2,5-6H2,(H,14,15). The molecule has 1 aliphatic rings. The van der Waals surface area contributed by atoms with Gasteiger partial charge in [0.1, 0.15) is 5.52 Å². The molecule has 0 saturated carbocycles. The molecule has 1 aromatic heterocycles. The number of aromatic nitrogens is 2. The van der Waals surface area contributed by atoms with Crippen LogP contribution < -0.4 is 4.90 Å². The minimum absolute atomic E-state index is 0.196. The van der Waals surface area contributed by atoms with Gasteiger partial charge in [-0.3, -0.25) is 0 Å². The highest BCUT2D eigenvalue weighted by Crippen LogP contribution is 2.28. The Labute approximate surface area is 106 Å². The van der Waals surface area contributed by atoms with Crippen LogP contribution in [0.3, 0.4) is 0 Å². The van der Waals surface area contributed by atoms with E-state index < -0.39 is 0 Å². The van der Waals surface area contributed by atoms with Crippen LogP contribution in [0.1, 0.15) is 12.8 Å². The van der Waals surface area contributed by atoms with Crippen LogP contribution in [0, 0.1) is 9.65 Å². The van der Waals surface area contributed by atoms with Gasteiger partial charge in [-0.05, 0) is 47.6 Å². The second-order valence-electron chi connectivity index (χ2n) is 4.02. The molecule has 0 unspecified atom stereocenters. The number of rotatable bonds is 1. The lowest BCUT2D eigenvalue weighted by Gasteiger charge is -2.18. The van der Waals surface area contributed by atoms with Gasteiger partial charge < -0.3 is 9.88 Å². The van der Waals surface area contributed by atoms with Gasteiger partial charge in [0.05, 0.1) is 11.2 Å². The Bertz CT molecular complexity index is 531. The summed E-state index contributed by atoms with van der Waals surface area (Å²) in [5, 5.41) is 0. The summed E-state index contributed by atoms with van der Waals surface area (Å²) in [6, 6.07) is 3.75. The summed E-state index contributed by atoms with van der Waals surface area (Å²) < 4.78 is 14.9. The summed E-state index contributed by atoms with van der Waals surface area (Å²) in [5.74, 6) is -0.196. The van der Waals surface area contributed by atoms with E-state index in [-0.39, 0.29) is 5.82 Å². The van der Waals surface area contributed by atoms with Crippen molar-refractivity contribution in [3.05, 3.63) is 21.8 Å². The topological polar surface area (TPSA) is 31.9 Å². The van der Waals surface area contributed by atoms with Gasteiger partial charge in [-0.1, -0.05) is 0 Å². The van der Waals surface area contributed by atoms with Crippen LogP contribution in [-0.4, -0.2) is 23.1 Å². The second kappa shape index (κ2) is 3.87. The Balaban J connectivity index is 2.14. The average Bonchev–Trinajstić information content (AvgIpc) is 2.86. The summed E-state index contributed by atoms with van der Waals surface area (Å²) in [6.45, 7) is 1.90. The highest BCUT2D eigenvalue weighted by atomic mass is 127. The van der Waals surface area contributed by atoms with Crippen molar-refractivity contribution in [1.29, 1.82) is 0 Å². The smallest absolute Gasteiger partial charge is 0.174 e. The number of imidazole rings is 1. The molecule has 5 heteroatoms. The van der Waals surface area contributed by atoms with Gasteiger partial charge in [-0.15, -0.1) is 0 Å². The maximum atomic E-state index is 14.2. The van der Waals surface area contributed by atoms with Gasteiger partial charge in [-0.25, -0.2) is 9.37 Å². The molecule has 1 fully saturated rings. The molecule has 0 amide bonds. The first-order valence-corrected chi connectivity index (χ1v) is 6.42. The van der Waals surface area contributed by atoms with Gasteiger partial charge in [0.15, 0.2) is 9.65 Å². The fourth-order valence-electron chi connectivity index (χ4n) is 2.20. The molecule has 0 radical (unpaired) electrons. The van der Waals surface area contributed by atoms with Crippen LogP contribution in [0.4, 0.5) is 10.1 Å². The SMILES string of the molecule is Fc1c(N2CCCC2)ccc2[nH]c(I)nc12. The molecule has 1 aromatic carbocycles. The number of H-pyrrole nitrogens is 1. The van der Waals surface area contributed by atoms with Crippen LogP contribution in [0.5, 0.6) is 0 Å². The number of fused-ring (bicyclic) bond motifs is 1. The number of anilines is 1. The zero-order chi connectivity index (χ0) is 11.1. The Morgan fingerprint density at radius 3 is 2.81 bits per heavy atom. The first-order chi connectivity index (χ1) is 7.75. The largest absolute Gasteiger partial charge is 0.369 e. The predicted octanol–water partition coefficient (Wildman–Crippen LogP) is 2.91. The normalized spacial score (nSPS) is 16.2. The molecule has 1 N–H and O–H groups in total. The van der Waals surface area contributed by atoms with Crippen LogP contribution in [0.2, 0.25) is 0 Å². The molecular weight excluding hydrogens is 320 g/mol. The second-order valence-corrected chi connectivity index (χ2v) is 5.04. The van der Waals surface area contributed by atoms with Crippen molar-refractivity contribution in [1.82, 2.24) is 9.97 Å². The van der Waals surface area contributed by atoms with E-state index in [0.717, 1.165) is 35.3 Å². The molecule has 0 bridgehead atoms. The molecule has 3 rings (SSSR count). The Morgan fingerprint density at radius 2 is 2.06 bits per heavy atom. The van der Waals surface area contributed by atoms with Crippen molar-refractivity contribution in [3.63, 3.8) is 0 Å². The molecule has 2 aromatic rings. The molecule has 16 heavy (non-hydrogen) atoms. The quantitative estimate of drug-likeness (QED) is 0.815. The lowest BCUT2D eigenvalue weighted by Crippen LogP contribution is -2.18. The van der Waals surface area contributed by atoms with E-state index in [2.05, 4.69) is 37.5 Å². The van der Waals surface area contributed by atoms with E-state index in [1.165, 1.54) is 0 Å². The number of nitrogens with zero attached hydrogens (tertiary/aromatic N) is 2. The molecule has 3 nitrogen and oxygen atoms in total. The van der Waals surface area contributed by atoms with Crippen LogP contribution in [0.15, 0.2) is 12.1 Å². The van der Waals surface area contributed by atoms with Gasteiger partial charge in [0.25, 0.3) is 0 Å². The lowest BCUT2D eigenvalue weighted by molar-refractivity contribution is 0.632. The van der Waals surface area contributed by atoms with Crippen molar-refractivity contribution >= 4 is 39.3 Å². The minimum atomic E-state index is -0.196. The van der Waals surface area contributed by atoms with Crippen molar-refractivity contribution in [2.75, 3.05) is 18.0 Å². The number of benzene rings is 1. The van der Waals surface area contributed by atoms with E-state index in [1.807, 2.05) is 12.1 Å². The van der Waals surface area contributed by atoms with Crippen LogP contribution >= 0.6 is 22.6 Å². The van der Waals surface area contributed by atoms with E-state index in [1.54, 1.807) is 0 Å².